The van der Waals surface area contributed by atoms with E-state index in [0.29, 0.717) is 12.1 Å². The zero-order valence-electron chi connectivity index (χ0n) is 10.4. The second kappa shape index (κ2) is 4.76. The summed E-state index contributed by atoms with van der Waals surface area (Å²) in [6, 6.07) is 4.39. The normalized spacial score (nSPS) is 23.2. The van der Waals surface area contributed by atoms with Gasteiger partial charge in [-0.05, 0) is 18.1 Å². The fourth-order valence-electron chi connectivity index (χ4n) is 2.03. The van der Waals surface area contributed by atoms with Crippen molar-refractivity contribution in [3.8, 4) is 11.5 Å². The van der Waals surface area contributed by atoms with Gasteiger partial charge in [0.05, 0.1) is 5.92 Å². The van der Waals surface area contributed by atoms with Crippen molar-refractivity contribution in [2.24, 2.45) is 11.8 Å². The molecule has 0 unspecified atom stereocenters. The van der Waals surface area contributed by atoms with Crippen molar-refractivity contribution in [1.29, 1.82) is 0 Å². The van der Waals surface area contributed by atoms with E-state index in [-0.39, 0.29) is 35.5 Å². The molecule has 98 valence electrons. The number of esters is 1. The third-order valence-corrected chi connectivity index (χ3v) is 3.14. The van der Waals surface area contributed by atoms with E-state index >= 15 is 0 Å². The van der Waals surface area contributed by atoms with Crippen molar-refractivity contribution in [2.75, 3.05) is 5.32 Å². The highest BCUT2D eigenvalue weighted by Gasteiger charge is 2.36. The minimum Gasteiger partial charge on any atom is -0.504 e. The smallest absolute Gasteiger partial charge is 0.311 e. The van der Waals surface area contributed by atoms with Crippen molar-refractivity contribution in [3.63, 3.8) is 0 Å². The SMILES string of the molecule is CC(C)[C@@H]1C[C@@H](Nc2ccc(O)c(O)c2)OC1=O. The summed E-state index contributed by atoms with van der Waals surface area (Å²) in [7, 11) is 0. The lowest BCUT2D eigenvalue weighted by Gasteiger charge is -2.13. The maximum absolute atomic E-state index is 11.6. The van der Waals surface area contributed by atoms with Crippen LogP contribution in [0.1, 0.15) is 20.3 Å². The summed E-state index contributed by atoms with van der Waals surface area (Å²) in [4.78, 5) is 11.6. The highest BCUT2D eigenvalue weighted by Crippen LogP contribution is 2.31. The second-order valence-corrected chi connectivity index (χ2v) is 4.86. The van der Waals surface area contributed by atoms with Crippen molar-refractivity contribution >= 4 is 11.7 Å². The first-order valence-electron chi connectivity index (χ1n) is 5.96. The summed E-state index contributed by atoms with van der Waals surface area (Å²) < 4.78 is 5.22. The summed E-state index contributed by atoms with van der Waals surface area (Å²) >= 11 is 0. The lowest BCUT2D eigenvalue weighted by molar-refractivity contribution is -0.144. The quantitative estimate of drug-likeness (QED) is 0.435. The van der Waals surface area contributed by atoms with E-state index in [9.17, 15) is 15.0 Å². The molecule has 18 heavy (non-hydrogen) atoms. The third kappa shape index (κ3) is 2.50. The Hall–Kier alpha value is -1.91. The standard InChI is InChI=1S/C13H17NO4/c1-7(2)9-6-12(18-13(9)17)14-8-3-4-10(15)11(16)5-8/h3-5,7,9,12,14-16H,6H2,1-2H3/t9-,12-/m0/s1. The Balaban J connectivity index is 2.03. The largest absolute Gasteiger partial charge is 0.504 e. The molecule has 1 aromatic carbocycles. The number of ether oxygens (including phenoxy) is 1. The number of hydrogen-bond donors (Lipinski definition) is 3. The van der Waals surface area contributed by atoms with Crippen LogP contribution in [0.3, 0.4) is 0 Å². The average molecular weight is 251 g/mol. The number of phenolic OH excluding ortho intramolecular Hbond substituents is 2. The van der Waals surface area contributed by atoms with Gasteiger partial charge in [-0.15, -0.1) is 0 Å². The van der Waals surface area contributed by atoms with Crippen LogP contribution in [0.5, 0.6) is 11.5 Å². The van der Waals surface area contributed by atoms with Gasteiger partial charge in [0.15, 0.2) is 17.7 Å². The molecule has 1 saturated heterocycles. The molecule has 1 fully saturated rings. The van der Waals surface area contributed by atoms with E-state index in [1.165, 1.54) is 12.1 Å². The molecule has 0 bridgehead atoms. The van der Waals surface area contributed by atoms with Gasteiger partial charge in [-0.2, -0.15) is 0 Å². The summed E-state index contributed by atoms with van der Waals surface area (Å²) in [5.74, 6) is -0.412. The van der Waals surface area contributed by atoms with Crippen LogP contribution in [-0.4, -0.2) is 22.4 Å². The molecule has 0 radical (unpaired) electrons. The van der Waals surface area contributed by atoms with E-state index in [1.54, 1.807) is 6.07 Å². The first-order valence-corrected chi connectivity index (χ1v) is 5.96. The second-order valence-electron chi connectivity index (χ2n) is 4.86. The number of hydrogen-bond acceptors (Lipinski definition) is 5. The number of nitrogens with one attached hydrogen (secondary N) is 1. The summed E-state index contributed by atoms with van der Waals surface area (Å²) in [5, 5.41) is 21.6. The fourth-order valence-corrected chi connectivity index (χ4v) is 2.03. The summed E-state index contributed by atoms with van der Waals surface area (Å²) in [5.41, 5.74) is 0.604. The van der Waals surface area contributed by atoms with Crippen molar-refractivity contribution < 1.29 is 19.7 Å². The Labute approximate surface area is 105 Å². The Morgan fingerprint density at radius 3 is 2.61 bits per heavy atom. The molecule has 3 N–H and O–H groups in total. The number of cyclic esters (lactones) is 1. The first kappa shape index (κ1) is 12.5. The molecular formula is C13H17NO4. The van der Waals surface area contributed by atoms with Gasteiger partial charge in [0.25, 0.3) is 0 Å². The highest BCUT2D eigenvalue weighted by atomic mass is 16.6. The zero-order valence-corrected chi connectivity index (χ0v) is 10.4. The van der Waals surface area contributed by atoms with Crippen LogP contribution in [0.25, 0.3) is 0 Å². The minimum atomic E-state index is -0.381. The molecule has 1 aliphatic rings. The Kier molecular flexibility index (Phi) is 3.32. The summed E-state index contributed by atoms with van der Waals surface area (Å²) in [6.45, 7) is 3.97. The van der Waals surface area contributed by atoms with Gasteiger partial charge in [0.2, 0.25) is 0 Å². The molecule has 0 aliphatic carbocycles. The lowest BCUT2D eigenvalue weighted by Crippen LogP contribution is -2.18. The molecule has 2 rings (SSSR count). The molecular weight excluding hydrogens is 234 g/mol. The predicted molar refractivity (Wildman–Crippen MR) is 66.2 cm³/mol. The highest BCUT2D eigenvalue weighted by molar-refractivity contribution is 5.75. The summed E-state index contributed by atoms with van der Waals surface area (Å²) in [6.07, 6.45) is 0.229. The van der Waals surface area contributed by atoms with Gasteiger partial charge in [-0.25, -0.2) is 0 Å². The molecule has 5 heteroatoms. The monoisotopic (exact) mass is 251 g/mol. The van der Waals surface area contributed by atoms with Crippen LogP contribution < -0.4 is 5.32 Å². The van der Waals surface area contributed by atoms with Crippen LogP contribution in [0, 0.1) is 11.8 Å². The van der Waals surface area contributed by atoms with E-state index in [4.69, 9.17) is 4.74 Å². The van der Waals surface area contributed by atoms with E-state index in [1.807, 2.05) is 13.8 Å². The van der Waals surface area contributed by atoms with Crippen LogP contribution >= 0.6 is 0 Å². The fraction of sp³-hybridized carbons (Fsp3) is 0.462. The van der Waals surface area contributed by atoms with Crippen molar-refractivity contribution in [1.82, 2.24) is 0 Å². The number of carbonyl (C=O) groups excluding carboxylic acids is 1. The molecule has 0 spiro atoms. The molecule has 2 atom stereocenters. The van der Waals surface area contributed by atoms with Gasteiger partial charge in [0, 0.05) is 18.2 Å². The lowest BCUT2D eigenvalue weighted by atomic mass is 9.94. The maximum Gasteiger partial charge on any atom is 0.311 e. The third-order valence-electron chi connectivity index (χ3n) is 3.14. The van der Waals surface area contributed by atoms with Crippen LogP contribution in [0.2, 0.25) is 0 Å². The Morgan fingerprint density at radius 2 is 2.06 bits per heavy atom. The van der Waals surface area contributed by atoms with Crippen LogP contribution in [0.4, 0.5) is 5.69 Å². The van der Waals surface area contributed by atoms with Gasteiger partial charge in [-0.3, -0.25) is 4.79 Å². The number of anilines is 1. The van der Waals surface area contributed by atoms with Gasteiger partial charge in [-0.1, -0.05) is 13.8 Å². The van der Waals surface area contributed by atoms with Crippen molar-refractivity contribution in [3.05, 3.63) is 18.2 Å². The van der Waals surface area contributed by atoms with E-state index in [0.717, 1.165) is 0 Å². The van der Waals surface area contributed by atoms with E-state index < -0.39 is 0 Å². The zero-order chi connectivity index (χ0) is 13.3. The molecule has 1 heterocycles. The first-order chi connectivity index (χ1) is 8.47. The predicted octanol–water partition coefficient (Wildman–Crippen LogP) is 2.05. The van der Waals surface area contributed by atoms with Gasteiger partial charge < -0.3 is 20.3 Å². The number of rotatable bonds is 3. The molecule has 0 amide bonds. The number of carbonyl (C=O) groups is 1. The number of phenols is 2. The molecule has 0 saturated carbocycles. The van der Waals surface area contributed by atoms with Crippen LogP contribution in [-0.2, 0) is 9.53 Å². The molecule has 5 nitrogen and oxygen atoms in total. The van der Waals surface area contributed by atoms with Crippen LogP contribution in [0.15, 0.2) is 18.2 Å². The Bertz CT molecular complexity index is 458. The van der Waals surface area contributed by atoms with Crippen molar-refractivity contribution in [2.45, 2.75) is 26.5 Å². The minimum absolute atomic E-state index is 0.0896. The molecule has 1 aromatic rings. The number of aromatic hydroxyl groups is 2. The molecule has 0 aromatic heterocycles. The van der Waals surface area contributed by atoms with E-state index in [2.05, 4.69) is 5.32 Å². The maximum atomic E-state index is 11.6. The van der Waals surface area contributed by atoms with Gasteiger partial charge >= 0.3 is 5.97 Å². The Morgan fingerprint density at radius 1 is 1.33 bits per heavy atom. The molecule has 1 aliphatic heterocycles. The number of benzene rings is 1. The topological polar surface area (TPSA) is 78.8 Å². The van der Waals surface area contributed by atoms with Gasteiger partial charge in [0.1, 0.15) is 0 Å². The average Bonchev–Trinajstić information content (AvgIpc) is 2.65.